The lowest BCUT2D eigenvalue weighted by Gasteiger charge is -2.19. The first-order valence-electron chi connectivity index (χ1n) is 12.4. The molecular formula is C28H36N2O5. The zero-order valence-corrected chi connectivity index (χ0v) is 20.8. The van der Waals surface area contributed by atoms with Gasteiger partial charge in [-0.2, -0.15) is 0 Å². The van der Waals surface area contributed by atoms with Crippen molar-refractivity contribution >= 4 is 18.0 Å². The summed E-state index contributed by atoms with van der Waals surface area (Å²) in [7, 11) is 0. The van der Waals surface area contributed by atoms with Crippen LogP contribution < -0.4 is 10.6 Å². The molecule has 0 fully saturated rings. The highest BCUT2D eigenvalue weighted by Crippen LogP contribution is 2.44. The van der Waals surface area contributed by atoms with Crippen LogP contribution in [0.15, 0.2) is 48.5 Å². The Labute approximate surface area is 207 Å². The SMILES string of the molecule is CC(C)CCC(NC(=O)C(C)CCCNC(=O)OCC1c2ccccc2-c2ccccc21)C(=O)O. The summed E-state index contributed by atoms with van der Waals surface area (Å²) in [5, 5.41) is 14.7. The molecule has 1 aliphatic rings. The number of hydrogen-bond acceptors (Lipinski definition) is 4. The third kappa shape index (κ3) is 7.07. The maximum absolute atomic E-state index is 12.4. The van der Waals surface area contributed by atoms with Gasteiger partial charge in [0, 0.05) is 18.4 Å². The molecule has 2 amide bonds. The van der Waals surface area contributed by atoms with Crippen LogP contribution in [0, 0.1) is 11.8 Å². The second kappa shape index (κ2) is 12.4. The predicted molar refractivity (Wildman–Crippen MR) is 135 cm³/mol. The maximum atomic E-state index is 12.4. The van der Waals surface area contributed by atoms with Crippen LogP contribution in [0.25, 0.3) is 11.1 Å². The van der Waals surface area contributed by atoms with Crippen molar-refractivity contribution < 1.29 is 24.2 Å². The van der Waals surface area contributed by atoms with E-state index in [2.05, 4.69) is 34.9 Å². The zero-order valence-electron chi connectivity index (χ0n) is 20.8. The van der Waals surface area contributed by atoms with E-state index >= 15 is 0 Å². The van der Waals surface area contributed by atoms with Crippen LogP contribution in [0.2, 0.25) is 0 Å². The van der Waals surface area contributed by atoms with Crippen LogP contribution in [0.5, 0.6) is 0 Å². The minimum absolute atomic E-state index is 0.00902. The fourth-order valence-corrected chi connectivity index (χ4v) is 4.45. The molecule has 0 saturated heterocycles. The van der Waals surface area contributed by atoms with Crippen molar-refractivity contribution in [3.8, 4) is 11.1 Å². The number of carbonyl (C=O) groups excluding carboxylic acids is 2. The molecule has 0 aliphatic heterocycles. The van der Waals surface area contributed by atoms with E-state index in [1.165, 1.54) is 11.1 Å². The van der Waals surface area contributed by atoms with Crippen molar-refractivity contribution in [2.45, 2.75) is 58.4 Å². The molecule has 7 heteroatoms. The summed E-state index contributed by atoms with van der Waals surface area (Å²) >= 11 is 0. The molecule has 0 aromatic heterocycles. The molecule has 0 saturated carbocycles. The number of fused-ring (bicyclic) bond motifs is 3. The van der Waals surface area contributed by atoms with Gasteiger partial charge in [-0.05, 0) is 53.9 Å². The summed E-state index contributed by atoms with van der Waals surface area (Å²) in [6, 6.07) is 15.5. The second-order valence-electron chi connectivity index (χ2n) is 9.67. The average Bonchev–Trinajstić information content (AvgIpc) is 3.16. The molecule has 0 spiro atoms. The fraction of sp³-hybridized carbons (Fsp3) is 0.464. The normalized spacial score (nSPS) is 14.1. The molecule has 7 nitrogen and oxygen atoms in total. The van der Waals surface area contributed by atoms with E-state index in [0.717, 1.165) is 17.5 Å². The average molecular weight is 481 g/mol. The van der Waals surface area contributed by atoms with Crippen LogP contribution in [-0.2, 0) is 14.3 Å². The summed E-state index contributed by atoms with van der Waals surface area (Å²) in [5.74, 6) is -1.25. The zero-order chi connectivity index (χ0) is 25.4. The number of nitrogens with one attached hydrogen (secondary N) is 2. The third-order valence-electron chi connectivity index (χ3n) is 6.52. The monoisotopic (exact) mass is 480 g/mol. The Bertz CT molecular complexity index is 990. The molecule has 0 radical (unpaired) electrons. The molecule has 2 atom stereocenters. The Kier molecular flexibility index (Phi) is 9.29. The highest BCUT2D eigenvalue weighted by atomic mass is 16.5. The van der Waals surface area contributed by atoms with Crippen molar-refractivity contribution in [2.24, 2.45) is 11.8 Å². The van der Waals surface area contributed by atoms with Gasteiger partial charge in [-0.15, -0.1) is 0 Å². The number of carboxylic acids is 1. The largest absolute Gasteiger partial charge is 0.480 e. The van der Waals surface area contributed by atoms with E-state index in [4.69, 9.17) is 4.74 Å². The second-order valence-corrected chi connectivity index (χ2v) is 9.67. The lowest BCUT2D eigenvalue weighted by molar-refractivity contribution is -0.142. The number of hydrogen-bond donors (Lipinski definition) is 3. The van der Waals surface area contributed by atoms with E-state index in [-0.39, 0.29) is 24.3 Å². The maximum Gasteiger partial charge on any atom is 0.407 e. The van der Waals surface area contributed by atoms with Gasteiger partial charge >= 0.3 is 12.1 Å². The van der Waals surface area contributed by atoms with Gasteiger partial charge in [-0.25, -0.2) is 9.59 Å². The van der Waals surface area contributed by atoms with Gasteiger partial charge in [-0.3, -0.25) is 4.79 Å². The van der Waals surface area contributed by atoms with E-state index in [9.17, 15) is 19.5 Å². The Morgan fingerprint density at radius 1 is 0.914 bits per heavy atom. The minimum atomic E-state index is -1.01. The van der Waals surface area contributed by atoms with Crippen molar-refractivity contribution in [1.29, 1.82) is 0 Å². The Balaban J connectivity index is 1.39. The molecule has 0 heterocycles. The van der Waals surface area contributed by atoms with Crippen LogP contribution in [0.1, 0.15) is 63.5 Å². The number of benzene rings is 2. The summed E-state index contributed by atoms with van der Waals surface area (Å²) in [6.07, 6.45) is 1.78. The fourth-order valence-electron chi connectivity index (χ4n) is 4.45. The van der Waals surface area contributed by atoms with Crippen molar-refractivity contribution in [2.75, 3.05) is 13.2 Å². The van der Waals surface area contributed by atoms with E-state index < -0.39 is 18.1 Å². The molecule has 0 bridgehead atoms. The Hall–Kier alpha value is -3.35. The van der Waals surface area contributed by atoms with Gasteiger partial charge in [0.15, 0.2) is 0 Å². The van der Waals surface area contributed by atoms with Crippen LogP contribution in [0.3, 0.4) is 0 Å². The van der Waals surface area contributed by atoms with Gasteiger partial charge in [0.05, 0.1) is 0 Å². The molecule has 3 rings (SSSR count). The number of ether oxygens (including phenoxy) is 1. The number of carboxylic acid groups (broad SMARTS) is 1. The van der Waals surface area contributed by atoms with Crippen LogP contribution in [-0.4, -0.2) is 42.3 Å². The molecule has 188 valence electrons. The molecule has 2 aromatic carbocycles. The standard InChI is InChI=1S/C28H36N2O5/c1-18(2)14-15-25(27(32)33)30-26(31)19(3)9-8-16-29-28(34)35-17-24-22-12-6-4-10-20(22)21-11-5-7-13-23(21)24/h4-7,10-13,18-19,24-25H,8-9,14-17H2,1-3H3,(H,29,34)(H,30,31)(H,32,33). The summed E-state index contributed by atoms with van der Waals surface area (Å²) in [4.78, 5) is 36.1. The molecule has 1 aliphatic carbocycles. The van der Waals surface area contributed by atoms with Crippen molar-refractivity contribution in [3.63, 3.8) is 0 Å². The Morgan fingerprint density at radius 2 is 1.51 bits per heavy atom. The summed E-state index contributed by atoms with van der Waals surface area (Å²) in [6.45, 7) is 6.44. The van der Waals surface area contributed by atoms with E-state index in [1.807, 2.05) is 38.1 Å². The summed E-state index contributed by atoms with van der Waals surface area (Å²) in [5.41, 5.74) is 4.68. The number of carbonyl (C=O) groups is 3. The highest BCUT2D eigenvalue weighted by molar-refractivity contribution is 5.84. The predicted octanol–water partition coefficient (Wildman–Crippen LogP) is 4.95. The first-order chi connectivity index (χ1) is 16.8. The quantitative estimate of drug-likeness (QED) is 0.373. The van der Waals surface area contributed by atoms with Crippen molar-refractivity contribution in [1.82, 2.24) is 10.6 Å². The Morgan fingerprint density at radius 3 is 2.09 bits per heavy atom. The number of rotatable bonds is 12. The highest BCUT2D eigenvalue weighted by Gasteiger charge is 2.29. The summed E-state index contributed by atoms with van der Waals surface area (Å²) < 4.78 is 5.52. The smallest absolute Gasteiger partial charge is 0.407 e. The first kappa shape index (κ1) is 26.3. The van der Waals surface area contributed by atoms with Gasteiger partial charge in [0.25, 0.3) is 0 Å². The van der Waals surface area contributed by atoms with Crippen LogP contribution in [0.4, 0.5) is 4.79 Å². The van der Waals surface area contributed by atoms with Crippen molar-refractivity contribution in [3.05, 3.63) is 59.7 Å². The molecule has 3 N–H and O–H groups in total. The van der Waals surface area contributed by atoms with Gasteiger partial charge in [0.2, 0.25) is 5.91 Å². The number of alkyl carbamates (subject to hydrolysis) is 1. The topological polar surface area (TPSA) is 105 Å². The molecule has 2 unspecified atom stereocenters. The molecule has 35 heavy (non-hydrogen) atoms. The van der Waals surface area contributed by atoms with Gasteiger partial charge < -0.3 is 20.5 Å². The molecule has 2 aromatic rings. The van der Waals surface area contributed by atoms with E-state index in [0.29, 0.717) is 31.7 Å². The first-order valence-corrected chi connectivity index (χ1v) is 12.4. The third-order valence-corrected chi connectivity index (χ3v) is 6.52. The number of aliphatic carboxylic acids is 1. The van der Waals surface area contributed by atoms with E-state index in [1.54, 1.807) is 6.92 Å². The number of amides is 2. The van der Waals surface area contributed by atoms with Crippen LogP contribution >= 0.6 is 0 Å². The van der Waals surface area contributed by atoms with Gasteiger partial charge in [0.1, 0.15) is 12.6 Å². The lowest BCUT2D eigenvalue weighted by Crippen LogP contribution is -2.43. The molecular weight excluding hydrogens is 444 g/mol. The minimum Gasteiger partial charge on any atom is -0.480 e. The van der Waals surface area contributed by atoms with Gasteiger partial charge in [-0.1, -0.05) is 69.3 Å². The lowest BCUT2D eigenvalue weighted by atomic mass is 9.98.